The zero-order valence-corrected chi connectivity index (χ0v) is 9.54. The quantitative estimate of drug-likeness (QED) is 0.864. The third kappa shape index (κ3) is 1.91. The van der Waals surface area contributed by atoms with Crippen molar-refractivity contribution >= 4 is 0 Å². The lowest BCUT2D eigenvalue weighted by Gasteiger charge is -2.13. The molecule has 1 aliphatic heterocycles. The van der Waals surface area contributed by atoms with Gasteiger partial charge in [0.05, 0.1) is 18.6 Å². The highest BCUT2D eigenvalue weighted by Crippen LogP contribution is 2.28. The van der Waals surface area contributed by atoms with Crippen LogP contribution in [0.4, 0.5) is 0 Å². The number of ether oxygens (including phenoxy) is 1. The Morgan fingerprint density at radius 3 is 3.12 bits per heavy atom. The molecule has 17 heavy (non-hydrogen) atoms. The van der Waals surface area contributed by atoms with E-state index in [9.17, 15) is 0 Å². The molecule has 0 radical (unpaired) electrons. The SMILES string of the molecule is NCc1cncn1CC1Cc2ccccc2O1. The van der Waals surface area contributed by atoms with Crippen LogP contribution in [-0.2, 0) is 19.5 Å². The van der Waals surface area contributed by atoms with Crippen LogP contribution in [-0.4, -0.2) is 15.7 Å². The van der Waals surface area contributed by atoms with Gasteiger partial charge in [-0.25, -0.2) is 4.98 Å². The highest BCUT2D eigenvalue weighted by atomic mass is 16.5. The normalized spacial score (nSPS) is 17.8. The van der Waals surface area contributed by atoms with Gasteiger partial charge in [-0.1, -0.05) is 18.2 Å². The second kappa shape index (κ2) is 4.22. The Balaban J connectivity index is 1.74. The third-order valence-corrected chi connectivity index (χ3v) is 3.12. The van der Waals surface area contributed by atoms with Crippen molar-refractivity contribution in [1.29, 1.82) is 0 Å². The van der Waals surface area contributed by atoms with E-state index in [2.05, 4.69) is 15.6 Å². The molecule has 0 saturated carbocycles. The van der Waals surface area contributed by atoms with Crippen LogP contribution in [0.3, 0.4) is 0 Å². The number of nitrogens with zero attached hydrogens (tertiary/aromatic N) is 2. The van der Waals surface area contributed by atoms with E-state index in [1.807, 2.05) is 30.7 Å². The van der Waals surface area contributed by atoms with Gasteiger partial charge in [0.1, 0.15) is 11.9 Å². The summed E-state index contributed by atoms with van der Waals surface area (Å²) in [5, 5.41) is 0. The molecule has 4 nitrogen and oxygen atoms in total. The van der Waals surface area contributed by atoms with Gasteiger partial charge in [0.15, 0.2) is 0 Å². The highest BCUT2D eigenvalue weighted by Gasteiger charge is 2.22. The van der Waals surface area contributed by atoms with E-state index < -0.39 is 0 Å². The Morgan fingerprint density at radius 2 is 2.29 bits per heavy atom. The highest BCUT2D eigenvalue weighted by molar-refractivity contribution is 5.37. The molecule has 1 aromatic carbocycles. The van der Waals surface area contributed by atoms with E-state index >= 15 is 0 Å². The van der Waals surface area contributed by atoms with Gasteiger partial charge in [-0.05, 0) is 11.6 Å². The molecule has 2 aromatic rings. The molecule has 0 saturated heterocycles. The number of imidazole rings is 1. The fourth-order valence-corrected chi connectivity index (χ4v) is 2.26. The van der Waals surface area contributed by atoms with Crippen LogP contribution < -0.4 is 10.5 Å². The third-order valence-electron chi connectivity index (χ3n) is 3.12. The Kier molecular flexibility index (Phi) is 2.57. The minimum atomic E-state index is 0.187. The van der Waals surface area contributed by atoms with Gasteiger partial charge in [-0.2, -0.15) is 0 Å². The topological polar surface area (TPSA) is 53.1 Å². The van der Waals surface area contributed by atoms with Crippen molar-refractivity contribution in [2.45, 2.75) is 25.6 Å². The van der Waals surface area contributed by atoms with Crippen LogP contribution in [0.25, 0.3) is 0 Å². The molecule has 0 amide bonds. The van der Waals surface area contributed by atoms with Crippen LogP contribution in [0.15, 0.2) is 36.8 Å². The molecule has 2 heterocycles. The molecule has 3 rings (SSSR count). The minimum absolute atomic E-state index is 0.187. The van der Waals surface area contributed by atoms with E-state index in [-0.39, 0.29) is 6.10 Å². The van der Waals surface area contributed by atoms with Gasteiger partial charge in [0.25, 0.3) is 0 Å². The lowest BCUT2D eigenvalue weighted by atomic mass is 10.1. The van der Waals surface area contributed by atoms with Crippen molar-refractivity contribution in [2.24, 2.45) is 5.73 Å². The smallest absolute Gasteiger partial charge is 0.123 e. The summed E-state index contributed by atoms with van der Waals surface area (Å²) >= 11 is 0. The van der Waals surface area contributed by atoms with E-state index in [0.29, 0.717) is 6.54 Å². The van der Waals surface area contributed by atoms with Gasteiger partial charge in [0, 0.05) is 19.2 Å². The number of aromatic nitrogens is 2. The molecule has 0 spiro atoms. The molecule has 1 atom stereocenters. The summed E-state index contributed by atoms with van der Waals surface area (Å²) in [4.78, 5) is 4.11. The van der Waals surface area contributed by atoms with Gasteiger partial charge >= 0.3 is 0 Å². The molecule has 2 N–H and O–H groups in total. The van der Waals surface area contributed by atoms with Gasteiger partial charge in [0.2, 0.25) is 0 Å². The molecule has 1 aromatic heterocycles. The van der Waals surface area contributed by atoms with Crippen molar-refractivity contribution in [2.75, 3.05) is 0 Å². The Hall–Kier alpha value is -1.81. The van der Waals surface area contributed by atoms with Crippen LogP contribution in [0.2, 0.25) is 0 Å². The molecule has 0 fully saturated rings. The monoisotopic (exact) mass is 229 g/mol. The Bertz CT molecular complexity index is 496. The van der Waals surface area contributed by atoms with Gasteiger partial charge < -0.3 is 15.0 Å². The fourth-order valence-electron chi connectivity index (χ4n) is 2.26. The molecule has 4 heteroatoms. The summed E-state index contributed by atoms with van der Waals surface area (Å²) in [7, 11) is 0. The zero-order valence-electron chi connectivity index (χ0n) is 9.54. The van der Waals surface area contributed by atoms with Crippen molar-refractivity contribution in [1.82, 2.24) is 9.55 Å². The summed E-state index contributed by atoms with van der Waals surface area (Å²) in [6, 6.07) is 8.19. The van der Waals surface area contributed by atoms with Gasteiger partial charge in [-0.15, -0.1) is 0 Å². The molecule has 0 aliphatic carbocycles. The molecule has 88 valence electrons. The fraction of sp³-hybridized carbons (Fsp3) is 0.308. The summed E-state index contributed by atoms with van der Waals surface area (Å²) in [6.45, 7) is 1.32. The molecule has 1 unspecified atom stereocenters. The van der Waals surface area contributed by atoms with E-state index in [1.165, 1.54) is 5.56 Å². The Labute approximate surface area is 100 Å². The predicted molar refractivity (Wildman–Crippen MR) is 64.7 cm³/mol. The molecular weight excluding hydrogens is 214 g/mol. The maximum atomic E-state index is 5.89. The van der Waals surface area contributed by atoms with Crippen molar-refractivity contribution in [3.05, 3.63) is 48.0 Å². The first kappa shape index (κ1) is 10.4. The van der Waals surface area contributed by atoms with Crippen LogP contribution >= 0.6 is 0 Å². The van der Waals surface area contributed by atoms with Crippen molar-refractivity contribution < 1.29 is 4.74 Å². The number of rotatable bonds is 3. The van der Waals surface area contributed by atoms with Crippen LogP contribution in [0.1, 0.15) is 11.3 Å². The van der Waals surface area contributed by atoms with E-state index in [0.717, 1.165) is 24.4 Å². The van der Waals surface area contributed by atoms with Crippen molar-refractivity contribution in [3.8, 4) is 5.75 Å². The van der Waals surface area contributed by atoms with Crippen molar-refractivity contribution in [3.63, 3.8) is 0 Å². The van der Waals surface area contributed by atoms with E-state index in [4.69, 9.17) is 10.5 Å². The van der Waals surface area contributed by atoms with Crippen LogP contribution in [0.5, 0.6) is 5.75 Å². The first-order chi connectivity index (χ1) is 8.36. The summed E-state index contributed by atoms with van der Waals surface area (Å²) < 4.78 is 7.96. The number of hydrogen-bond donors (Lipinski definition) is 1. The number of benzene rings is 1. The number of nitrogens with two attached hydrogens (primary N) is 1. The largest absolute Gasteiger partial charge is 0.488 e. The van der Waals surface area contributed by atoms with E-state index in [1.54, 1.807) is 0 Å². The lowest BCUT2D eigenvalue weighted by Crippen LogP contribution is -2.22. The number of fused-ring (bicyclic) bond motifs is 1. The average Bonchev–Trinajstić information content (AvgIpc) is 2.94. The summed E-state index contributed by atoms with van der Waals surface area (Å²) in [5.74, 6) is 1.01. The second-order valence-corrected chi connectivity index (χ2v) is 4.29. The zero-order chi connectivity index (χ0) is 11.7. The second-order valence-electron chi connectivity index (χ2n) is 4.29. The summed E-state index contributed by atoms with van der Waals surface area (Å²) in [5.41, 5.74) is 7.98. The summed E-state index contributed by atoms with van der Waals surface area (Å²) in [6.07, 6.45) is 4.77. The molecule has 0 bridgehead atoms. The maximum Gasteiger partial charge on any atom is 0.123 e. The number of hydrogen-bond acceptors (Lipinski definition) is 3. The molecular formula is C13H15N3O. The average molecular weight is 229 g/mol. The first-order valence-electron chi connectivity index (χ1n) is 5.80. The predicted octanol–water partition coefficient (Wildman–Crippen LogP) is 1.35. The minimum Gasteiger partial charge on any atom is -0.488 e. The Morgan fingerprint density at radius 1 is 1.41 bits per heavy atom. The van der Waals surface area contributed by atoms with Gasteiger partial charge in [-0.3, -0.25) is 0 Å². The lowest BCUT2D eigenvalue weighted by molar-refractivity contribution is 0.208. The number of para-hydroxylation sites is 1. The first-order valence-corrected chi connectivity index (χ1v) is 5.80. The maximum absolute atomic E-state index is 5.89. The van der Waals surface area contributed by atoms with Crippen LogP contribution in [0, 0.1) is 0 Å². The standard InChI is InChI=1S/C13H15N3O/c14-6-11-7-15-9-16(11)8-12-5-10-3-1-2-4-13(10)17-12/h1-4,7,9,12H,5-6,8,14H2. The molecule has 1 aliphatic rings.